The van der Waals surface area contributed by atoms with Crippen molar-refractivity contribution in [1.29, 1.82) is 0 Å². The Morgan fingerprint density at radius 3 is 2.50 bits per heavy atom. The lowest BCUT2D eigenvalue weighted by atomic mass is 10.0. The molecule has 0 saturated heterocycles. The first kappa shape index (κ1) is 14.2. The summed E-state index contributed by atoms with van der Waals surface area (Å²) in [5, 5.41) is 3.17. The molecule has 2 aliphatic rings. The van der Waals surface area contributed by atoms with Crippen molar-refractivity contribution < 1.29 is 4.79 Å². The summed E-state index contributed by atoms with van der Waals surface area (Å²) in [7, 11) is 0. The van der Waals surface area contributed by atoms with Crippen molar-refractivity contribution in [3.05, 3.63) is 0 Å². The fourth-order valence-electron chi connectivity index (χ4n) is 3.66. The number of hydrogen-bond donors (Lipinski definition) is 1. The van der Waals surface area contributed by atoms with Crippen LogP contribution in [0.2, 0.25) is 0 Å². The highest BCUT2D eigenvalue weighted by atomic mass is 35.5. The largest absolute Gasteiger partial charge is 0.356 e. The maximum absolute atomic E-state index is 12.1. The van der Waals surface area contributed by atoms with Gasteiger partial charge in [0.15, 0.2) is 0 Å². The van der Waals surface area contributed by atoms with E-state index in [-0.39, 0.29) is 0 Å². The number of alkyl halides is 1. The van der Waals surface area contributed by atoms with Crippen LogP contribution in [0, 0.1) is 23.7 Å². The Labute approximate surface area is 116 Å². The minimum atomic E-state index is 0.322. The summed E-state index contributed by atoms with van der Waals surface area (Å²) in [4.78, 5) is 12.1. The smallest absolute Gasteiger partial charge is 0.223 e. The Morgan fingerprint density at radius 2 is 1.94 bits per heavy atom. The zero-order valence-corrected chi connectivity index (χ0v) is 12.2. The van der Waals surface area contributed by atoms with Gasteiger partial charge in [-0.3, -0.25) is 4.79 Å². The molecule has 2 nitrogen and oxygen atoms in total. The molecule has 0 aromatic heterocycles. The van der Waals surface area contributed by atoms with Gasteiger partial charge in [-0.05, 0) is 43.4 Å². The van der Waals surface area contributed by atoms with E-state index in [1.807, 2.05) is 0 Å². The molecule has 3 unspecified atom stereocenters. The number of rotatable bonds is 7. The van der Waals surface area contributed by atoms with Gasteiger partial charge in [-0.2, -0.15) is 0 Å². The third-order valence-corrected chi connectivity index (χ3v) is 4.96. The molecule has 104 valence electrons. The molecule has 0 bridgehead atoms. The Hall–Kier alpha value is -0.240. The van der Waals surface area contributed by atoms with Gasteiger partial charge in [0.25, 0.3) is 0 Å². The molecule has 1 N–H and O–H groups in total. The monoisotopic (exact) mass is 271 g/mol. The summed E-state index contributed by atoms with van der Waals surface area (Å²) in [6.45, 7) is 3.02. The predicted molar refractivity (Wildman–Crippen MR) is 75.7 cm³/mol. The van der Waals surface area contributed by atoms with Crippen molar-refractivity contribution >= 4 is 17.5 Å². The molecule has 0 spiro atoms. The first-order chi connectivity index (χ1) is 8.77. The normalized spacial score (nSPS) is 31.6. The lowest BCUT2D eigenvalue weighted by molar-refractivity contribution is -0.123. The van der Waals surface area contributed by atoms with Crippen LogP contribution in [0.5, 0.6) is 0 Å². The lowest BCUT2D eigenvalue weighted by Crippen LogP contribution is -2.31. The molecular weight excluding hydrogens is 246 g/mol. The van der Waals surface area contributed by atoms with E-state index in [2.05, 4.69) is 12.2 Å². The fraction of sp³-hybridized carbons (Fsp3) is 0.933. The zero-order chi connectivity index (χ0) is 13.0. The number of amides is 1. The molecule has 0 aromatic rings. The van der Waals surface area contributed by atoms with Crippen LogP contribution in [-0.4, -0.2) is 18.3 Å². The van der Waals surface area contributed by atoms with Gasteiger partial charge >= 0.3 is 0 Å². The lowest BCUT2D eigenvalue weighted by Gasteiger charge is -2.15. The van der Waals surface area contributed by atoms with E-state index in [4.69, 9.17) is 11.6 Å². The average molecular weight is 272 g/mol. The number of fused-ring (bicyclic) bond motifs is 1. The van der Waals surface area contributed by atoms with Crippen LogP contribution < -0.4 is 5.32 Å². The van der Waals surface area contributed by atoms with Gasteiger partial charge in [-0.1, -0.05) is 26.2 Å². The summed E-state index contributed by atoms with van der Waals surface area (Å²) < 4.78 is 0. The predicted octanol–water partition coefficient (Wildman–Crippen LogP) is 3.58. The van der Waals surface area contributed by atoms with E-state index in [0.717, 1.165) is 24.8 Å². The summed E-state index contributed by atoms with van der Waals surface area (Å²) in [6, 6.07) is 0. The Kier molecular flexibility index (Phi) is 5.35. The number of carbonyl (C=O) groups excluding carboxylic acids is 1. The minimum Gasteiger partial charge on any atom is -0.356 e. The van der Waals surface area contributed by atoms with Crippen LogP contribution in [0.4, 0.5) is 0 Å². The van der Waals surface area contributed by atoms with Gasteiger partial charge in [-0.25, -0.2) is 0 Å². The maximum atomic E-state index is 12.1. The molecule has 3 heteroatoms. The van der Waals surface area contributed by atoms with Crippen LogP contribution >= 0.6 is 11.6 Å². The van der Waals surface area contributed by atoms with Crippen molar-refractivity contribution in [2.75, 3.05) is 12.4 Å². The third-order valence-electron chi connectivity index (χ3n) is 4.74. The molecule has 2 rings (SSSR count). The molecule has 2 aliphatic carbocycles. The van der Waals surface area contributed by atoms with Gasteiger partial charge in [-0.15, -0.1) is 11.6 Å². The van der Waals surface area contributed by atoms with Gasteiger partial charge in [0.1, 0.15) is 0 Å². The maximum Gasteiger partial charge on any atom is 0.223 e. The van der Waals surface area contributed by atoms with Crippen molar-refractivity contribution in [3.63, 3.8) is 0 Å². The molecule has 2 fully saturated rings. The highest BCUT2D eigenvalue weighted by Crippen LogP contribution is 2.55. The Balaban J connectivity index is 1.71. The van der Waals surface area contributed by atoms with E-state index < -0.39 is 0 Å². The van der Waals surface area contributed by atoms with E-state index in [9.17, 15) is 4.79 Å². The van der Waals surface area contributed by atoms with E-state index in [0.29, 0.717) is 23.6 Å². The standard InChI is InChI=1S/C15H26ClNO/c1-2-5-11(8-9-16)10-17-15(18)14-12-6-3-4-7-13(12)14/h11-14H,2-10H2,1H3,(H,17,18). The molecule has 1 amide bonds. The van der Waals surface area contributed by atoms with Crippen molar-refractivity contribution in [1.82, 2.24) is 5.32 Å². The number of halogens is 1. The Bertz CT molecular complexity index is 264. The topological polar surface area (TPSA) is 29.1 Å². The highest BCUT2D eigenvalue weighted by molar-refractivity contribution is 6.17. The van der Waals surface area contributed by atoms with Crippen LogP contribution in [0.15, 0.2) is 0 Å². The summed E-state index contributed by atoms with van der Waals surface area (Å²) in [6.07, 6.45) is 8.58. The van der Waals surface area contributed by atoms with E-state index >= 15 is 0 Å². The van der Waals surface area contributed by atoms with Crippen molar-refractivity contribution in [2.24, 2.45) is 23.7 Å². The molecule has 0 aliphatic heterocycles. The fourth-order valence-corrected chi connectivity index (χ4v) is 3.96. The number of nitrogens with one attached hydrogen (secondary N) is 1. The average Bonchev–Trinajstić information content (AvgIpc) is 3.10. The zero-order valence-electron chi connectivity index (χ0n) is 11.5. The second-order valence-corrected chi connectivity index (χ2v) is 6.39. The highest BCUT2D eigenvalue weighted by Gasteiger charge is 2.54. The first-order valence-corrected chi connectivity index (χ1v) is 8.15. The molecule has 3 atom stereocenters. The minimum absolute atomic E-state index is 0.322. The second-order valence-electron chi connectivity index (χ2n) is 6.02. The van der Waals surface area contributed by atoms with Crippen LogP contribution in [0.3, 0.4) is 0 Å². The van der Waals surface area contributed by atoms with Crippen LogP contribution in [-0.2, 0) is 4.79 Å². The molecule has 18 heavy (non-hydrogen) atoms. The number of carbonyl (C=O) groups is 1. The van der Waals surface area contributed by atoms with Crippen LogP contribution in [0.25, 0.3) is 0 Å². The number of hydrogen-bond acceptors (Lipinski definition) is 1. The van der Waals surface area contributed by atoms with Crippen molar-refractivity contribution in [2.45, 2.75) is 51.9 Å². The third kappa shape index (κ3) is 3.40. The molecule has 0 radical (unpaired) electrons. The van der Waals surface area contributed by atoms with Crippen LogP contribution in [0.1, 0.15) is 51.9 Å². The molecular formula is C15H26ClNO. The molecule has 0 heterocycles. The second kappa shape index (κ2) is 6.79. The molecule has 2 saturated carbocycles. The summed E-state index contributed by atoms with van der Waals surface area (Å²) in [5.41, 5.74) is 0. The first-order valence-electron chi connectivity index (χ1n) is 7.61. The van der Waals surface area contributed by atoms with Gasteiger partial charge < -0.3 is 5.32 Å². The van der Waals surface area contributed by atoms with E-state index in [1.54, 1.807) is 0 Å². The summed E-state index contributed by atoms with van der Waals surface area (Å²) in [5.74, 6) is 3.38. The molecule has 0 aromatic carbocycles. The van der Waals surface area contributed by atoms with Gasteiger partial charge in [0.2, 0.25) is 5.91 Å². The summed E-state index contributed by atoms with van der Waals surface area (Å²) >= 11 is 5.81. The van der Waals surface area contributed by atoms with Gasteiger partial charge in [0.05, 0.1) is 0 Å². The van der Waals surface area contributed by atoms with Gasteiger partial charge in [0, 0.05) is 18.3 Å². The SMILES string of the molecule is CCCC(CCCl)CNC(=O)C1C2CCCCC21. The van der Waals surface area contributed by atoms with Crippen molar-refractivity contribution in [3.8, 4) is 0 Å². The van der Waals surface area contributed by atoms with E-state index in [1.165, 1.54) is 38.5 Å². The quantitative estimate of drug-likeness (QED) is 0.705. The Morgan fingerprint density at radius 1 is 1.28 bits per heavy atom.